The molecule has 0 amide bonds. The van der Waals surface area contributed by atoms with Crippen LogP contribution in [-0.4, -0.2) is 45.3 Å². The molecule has 1 aromatic heterocycles. The third-order valence-electron chi connectivity index (χ3n) is 4.71. The van der Waals surface area contributed by atoms with Crippen LogP contribution in [0.4, 0.5) is 0 Å². The van der Waals surface area contributed by atoms with Gasteiger partial charge in [0.05, 0.1) is 26.9 Å². The lowest BCUT2D eigenvalue weighted by Gasteiger charge is -2.25. The van der Waals surface area contributed by atoms with Gasteiger partial charge in [-0.3, -0.25) is 13.9 Å². The van der Waals surface area contributed by atoms with Crippen molar-refractivity contribution in [2.75, 3.05) is 20.3 Å². The van der Waals surface area contributed by atoms with Crippen LogP contribution in [0.15, 0.2) is 46.1 Å². The second-order valence-corrected chi connectivity index (χ2v) is 6.39. The second-order valence-electron chi connectivity index (χ2n) is 6.39. The molecule has 0 saturated carbocycles. The van der Waals surface area contributed by atoms with Crippen LogP contribution in [0.1, 0.15) is 24.6 Å². The number of benzene rings is 1. The van der Waals surface area contributed by atoms with Crippen LogP contribution in [0, 0.1) is 0 Å². The minimum absolute atomic E-state index is 0.125. The van der Waals surface area contributed by atoms with Gasteiger partial charge in [-0.05, 0) is 30.5 Å². The van der Waals surface area contributed by atoms with Crippen LogP contribution in [0.2, 0.25) is 0 Å². The van der Waals surface area contributed by atoms with E-state index in [2.05, 4.69) is 0 Å². The average Bonchev–Trinajstić information content (AvgIpc) is 3.10. The van der Waals surface area contributed by atoms with Gasteiger partial charge in [0, 0.05) is 12.3 Å². The maximum Gasteiger partial charge on any atom is 0.333 e. The molecular weight excluding hydrogens is 340 g/mol. The Labute approximate surface area is 149 Å². The summed E-state index contributed by atoms with van der Waals surface area (Å²) in [5.74, 6) is 0.690. The SMILES string of the molecule is COc1ccc(Cn2c(=O)ccn([C@H]3CCC(CO)(CO)O3)c2=O)cc1. The first-order valence-electron chi connectivity index (χ1n) is 8.36. The summed E-state index contributed by atoms with van der Waals surface area (Å²) in [6.07, 6.45) is 1.64. The first kappa shape index (κ1) is 18.4. The summed E-state index contributed by atoms with van der Waals surface area (Å²) in [4.78, 5) is 25.0. The second kappa shape index (κ2) is 7.45. The zero-order chi connectivity index (χ0) is 18.7. The third-order valence-corrected chi connectivity index (χ3v) is 4.71. The molecule has 0 radical (unpaired) electrons. The number of hydrogen-bond donors (Lipinski definition) is 2. The molecule has 0 aliphatic carbocycles. The molecule has 0 bridgehead atoms. The van der Waals surface area contributed by atoms with Gasteiger partial charge >= 0.3 is 5.69 Å². The number of aliphatic hydroxyl groups excluding tert-OH is 2. The van der Waals surface area contributed by atoms with Crippen LogP contribution in [-0.2, 0) is 11.3 Å². The monoisotopic (exact) mass is 362 g/mol. The number of aliphatic hydroxyl groups is 2. The van der Waals surface area contributed by atoms with E-state index in [0.29, 0.717) is 18.6 Å². The van der Waals surface area contributed by atoms with Crippen molar-refractivity contribution in [1.29, 1.82) is 0 Å². The molecule has 8 nitrogen and oxygen atoms in total. The van der Waals surface area contributed by atoms with Gasteiger partial charge in [-0.1, -0.05) is 12.1 Å². The smallest absolute Gasteiger partial charge is 0.333 e. The first-order valence-corrected chi connectivity index (χ1v) is 8.36. The summed E-state index contributed by atoms with van der Waals surface area (Å²) in [7, 11) is 1.57. The lowest BCUT2D eigenvalue weighted by Crippen LogP contribution is -2.42. The van der Waals surface area contributed by atoms with Crippen LogP contribution < -0.4 is 16.0 Å². The fourth-order valence-electron chi connectivity index (χ4n) is 3.08. The molecule has 0 unspecified atom stereocenters. The summed E-state index contributed by atoms with van der Waals surface area (Å²) in [5, 5.41) is 18.9. The van der Waals surface area contributed by atoms with Gasteiger partial charge in [0.15, 0.2) is 0 Å². The van der Waals surface area contributed by atoms with Gasteiger partial charge in [-0.25, -0.2) is 4.79 Å². The Morgan fingerprint density at radius 3 is 2.46 bits per heavy atom. The lowest BCUT2D eigenvalue weighted by atomic mass is 10.0. The van der Waals surface area contributed by atoms with E-state index in [9.17, 15) is 19.8 Å². The van der Waals surface area contributed by atoms with E-state index < -0.39 is 23.1 Å². The lowest BCUT2D eigenvalue weighted by molar-refractivity contribution is -0.122. The van der Waals surface area contributed by atoms with E-state index in [1.54, 1.807) is 31.4 Å². The number of methoxy groups -OCH3 is 1. The van der Waals surface area contributed by atoms with Crippen molar-refractivity contribution in [3.63, 3.8) is 0 Å². The zero-order valence-corrected chi connectivity index (χ0v) is 14.5. The Bertz CT molecular complexity index is 866. The van der Waals surface area contributed by atoms with Gasteiger partial charge in [0.1, 0.15) is 17.6 Å². The molecule has 26 heavy (non-hydrogen) atoms. The zero-order valence-electron chi connectivity index (χ0n) is 14.5. The van der Waals surface area contributed by atoms with Gasteiger partial charge < -0.3 is 19.7 Å². The Balaban J connectivity index is 1.89. The first-order chi connectivity index (χ1) is 12.5. The quantitative estimate of drug-likeness (QED) is 0.756. The molecule has 2 heterocycles. The number of ether oxygens (including phenoxy) is 2. The minimum Gasteiger partial charge on any atom is -0.497 e. The topological polar surface area (TPSA) is 103 Å². The van der Waals surface area contributed by atoms with Crippen LogP contribution in [0.3, 0.4) is 0 Å². The molecule has 1 atom stereocenters. The van der Waals surface area contributed by atoms with Crippen LogP contribution >= 0.6 is 0 Å². The van der Waals surface area contributed by atoms with E-state index >= 15 is 0 Å². The molecule has 1 aliphatic rings. The summed E-state index contributed by atoms with van der Waals surface area (Å²) < 4.78 is 13.3. The Hall–Kier alpha value is -2.42. The Morgan fingerprint density at radius 2 is 1.88 bits per heavy atom. The molecule has 1 aromatic carbocycles. The van der Waals surface area contributed by atoms with Crippen molar-refractivity contribution in [2.45, 2.75) is 31.2 Å². The standard InChI is InChI=1S/C18H22N2O6/c1-25-14-4-2-13(3-5-14)10-20-15(23)7-9-19(17(20)24)16-6-8-18(11-21,12-22)26-16/h2-5,7,9,16,21-22H,6,8,10-12H2,1H3/t16-/m1/s1. The van der Waals surface area contributed by atoms with E-state index in [1.807, 2.05) is 0 Å². The molecule has 1 saturated heterocycles. The highest BCUT2D eigenvalue weighted by Crippen LogP contribution is 2.35. The fraction of sp³-hybridized carbons (Fsp3) is 0.444. The molecule has 140 valence electrons. The number of nitrogens with zero attached hydrogens (tertiary/aromatic N) is 2. The fourth-order valence-corrected chi connectivity index (χ4v) is 3.08. The predicted octanol–water partition coefficient (Wildman–Crippen LogP) is 0.0993. The molecule has 3 rings (SSSR count). The summed E-state index contributed by atoms with van der Waals surface area (Å²) in [5.41, 5.74) is -1.17. The van der Waals surface area contributed by atoms with Gasteiger partial charge in [0.25, 0.3) is 5.56 Å². The van der Waals surface area contributed by atoms with Crippen LogP contribution in [0.25, 0.3) is 0 Å². The third kappa shape index (κ3) is 3.44. The van der Waals surface area contributed by atoms with E-state index in [4.69, 9.17) is 9.47 Å². The molecular formula is C18H22N2O6. The summed E-state index contributed by atoms with van der Waals surface area (Å²) >= 11 is 0. The van der Waals surface area contributed by atoms with E-state index in [1.165, 1.54) is 16.8 Å². The highest BCUT2D eigenvalue weighted by atomic mass is 16.6. The van der Waals surface area contributed by atoms with Crippen molar-refractivity contribution in [3.05, 3.63) is 62.9 Å². The highest BCUT2D eigenvalue weighted by Gasteiger charge is 2.40. The maximum atomic E-state index is 12.8. The van der Waals surface area contributed by atoms with Crippen molar-refractivity contribution >= 4 is 0 Å². The molecule has 2 N–H and O–H groups in total. The minimum atomic E-state index is -1.05. The van der Waals surface area contributed by atoms with Gasteiger partial charge in [0.2, 0.25) is 0 Å². The number of aromatic nitrogens is 2. The van der Waals surface area contributed by atoms with E-state index in [0.717, 1.165) is 10.1 Å². The van der Waals surface area contributed by atoms with Crippen molar-refractivity contribution in [3.8, 4) is 5.75 Å². The number of rotatable bonds is 6. The summed E-state index contributed by atoms with van der Waals surface area (Å²) in [6, 6.07) is 8.41. The van der Waals surface area contributed by atoms with Gasteiger partial charge in [-0.2, -0.15) is 0 Å². The predicted molar refractivity (Wildman–Crippen MR) is 93.3 cm³/mol. The molecule has 0 spiro atoms. The molecule has 2 aromatic rings. The Morgan fingerprint density at radius 1 is 1.19 bits per heavy atom. The summed E-state index contributed by atoms with van der Waals surface area (Å²) in [6.45, 7) is -0.541. The molecule has 1 aliphatic heterocycles. The molecule has 1 fully saturated rings. The maximum absolute atomic E-state index is 12.8. The molecule has 8 heteroatoms. The number of hydrogen-bond acceptors (Lipinski definition) is 6. The van der Waals surface area contributed by atoms with Crippen molar-refractivity contribution in [2.24, 2.45) is 0 Å². The largest absolute Gasteiger partial charge is 0.497 e. The van der Waals surface area contributed by atoms with Crippen molar-refractivity contribution < 1.29 is 19.7 Å². The normalized spacial score (nSPS) is 18.8. The Kier molecular flexibility index (Phi) is 5.26. The highest BCUT2D eigenvalue weighted by molar-refractivity contribution is 5.27. The van der Waals surface area contributed by atoms with Crippen LogP contribution in [0.5, 0.6) is 5.75 Å². The average molecular weight is 362 g/mol. The van der Waals surface area contributed by atoms with E-state index in [-0.39, 0.29) is 19.8 Å². The van der Waals surface area contributed by atoms with Crippen molar-refractivity contribution in [1.82, 2.24) is 9.13 Å². The van der Waals surface area contributed by atoms with Gasteiger partial charge in [-0.15, -0.1) is 0 Å².